The maximum Gasteiger partial charge on any atom is 0.420 e. The number of nitrogens with zero attached hydrogens (tertiary/aromatic N) is 2. The van der Waals surface area contributed by atoms with Crippen molar-refractivity contribution in [1.82, 2.24) is 4.57 Å². The second-order valence-corrected chi connectivity index (χ2v) is 7.85. The number of hydrogen-bond acceptors (Lipinski definition) is 4. The molecule has 2 N–H and O–H groups in total. The monoisotopic (exact) mass is 355 g/mol. The number of benzene rings is 1. The topological polar surface area (TPSA) is 60.5 Å². The molecule has 0 bridgehead atoms. The van der Waals surface area contributed by atoms with Gasteiger partial charge in [0, 0.05) is 31.4 Å². The second kappa shape index (κ2) is 7.54. The van der Waals surface area contributed by atoms with Gasteiger partial charge in [0.2, 0.25) is 0 Å². The van der Waals surface area contributed by atoms with Crippen molar-refractivity contribution in [2.75, 3.05) is 18.0 Å². The van der Waals surface area contributed by atoms with Crippen LogP contribution in [-0.4, -0.2) is 29.4 Å². The lowest BCUT2D eigenvalue weighted by Gasteiger charge is -2.29. The first kappa shape index (κ1) is 18.5. The summed E-state index contributed by atoms with van der Waals surface area (Å²) in [5.41, 5.74) is 8.51. The molecule has 0 aliphatic carbocycles. The first-order chi connectivity index (χ1) is 12.4. The highest BCUT2D eigenvalue weighted by molar-refractivity contribution is 5.81. The van der Waals surface area contributed by atoms with E-state index in [0.717, 1.165) is 48.4 Å². The standard InChI is InChI=1S/C21H29N3O2/c1-21(2,3)26-20(25)24-15-17(18-10-6-5-9-16(18)14-22)13-19(24)23-11-7-4-8-12-23/h5-6,9-10,13,15H,4,7-8,11-12,14,22H2,1-3H3. The highest BCUT2D eigenvalue weighted by Crippen LogP contribution is 2.31. The third-order valence-electron chi connectivity index (χ3n) is 4.62. The van der Waals surface area contributed by atoms with Crippen LogP contribution in [0.2, 0.25) is 0 Å². The highest BCUT2D eigenvalue weighted by atomic mass is 16.6. The molecule has 2 heterocycles. The lowest BCUT2D eigenvalue weighted by atomic mass is 10.0. The molecule has 0 radical (unpaired) electrons. The van der Waals surface area contributed by atoms with Crippen LogP contribution in [0.3, 0.4) is 0 Å². The van der Waals surface area contributed by atoms with Gasteiger partial charge in [0.15, 0.2) is 0 Å². The minimum atomic E-state index is -0.532. The minimum absolute atomic E-state index is 0.338. The van der Waals surface area contributed by atoms with Crippen LogP contribution in [0.25, 0.3) is 11.1 Å². The van der Waals surface area contributed by atoms with Crippen molar-refractivity contribution in [3.05, 3.63) is 42.1 Å². The van der Waals surface area contributed by atoms with Crippen molar-refractivity contribution in [3.8, 4) is 11.1 Å². The number of hydrogen-bond donors (Lipinski definition) is 1. The summed E-state index contributed by atoms with van der Waals surface area (Å²) in [4.78, 5) is 15.1. The minimum Gasteiger partial charge on any atom is -0.443 e. The molecule has 1 saturated heterocycles. The van der Waals surface area contributed by atoms with Gasteiger partial charge in [-0.05, 0) is 57.2 Å². The fraction of sp³-hybridized carbons (Fsp3) is 0.476. The summed E-state index contributed by atoms with van der Waals surface area (Å²) in [6.07, 6.45) is 5.08. The van der Waals surface area contributed by atoms with E-state index in [4.69, 9.17) is 10.5 Å². The molecular formula is C21H29N3O2. The van der Waals surface area contributed by atoms with Crippen LogP contribution >= 0.6 is 0 Å². The fourth-order valence-corrected chi connectivity index (χ4v) is 3.40. The van der Waals surface area contributed by atoms with Gasteiger partial charge in [0.25, 0.3) is 0 Å². The van der Waals surface area contributed by atoms with E-state index in [9.17, 15) is 4.79 Å². The SMILES string of the molecule is CC(C)(C)OC(=O)n1cc(-c2ccccc2CN)cc1N1CCCCC1. The van der Waals surface area contributed by atoms with Gasteiger partial charge >= 0.3 is 6.09 Å². The van der Waals surface area contributed by atoms with Crippen molar-refractivity contribution in [3.63, 3.8) is 0 Å². The molecule has 0 spiro atoms. The van der Waals surface area contributed by atoms with E-state index in [1.807, 2.05) is 45.2 Å². The molecule has 0 unspecified atom stereocenters. The molecule has 1 aromatic carbocycles. The number of carbonyl (C=O) groups is 1. The zero-order valence-corrected chi connectivity index (χ0v) is 16.0. The summed E-state index contributed by atoms with van der Waals surface area (Å²) in [6, 6.07) is 10.2. The van der Waals surface area contributed by atoms with Gasteiger partial charge in [-0.15, -0.1) is 0 Å². The number of carbonyl (C=O) groups excluding carboxylic acids is 1. The molecule has 1 fully saturated rings. The lowest BCUT2D eigenvalue weighted by Crippen LogP contribution is -2.34. The molecule has 2 aromatic rings. The van der Waals surface area contributed by atoms with Gasteiger partial charge in [-0.25, -0.2) is 9.36 Å². The first-order valence-electron chi connectivity index (χ1n) is 9.38. The van der Waals surface area contributed by atoms with Crippen LogP contribution < -0.4 is 10.6 Å². The molecule has 3 rings (SSSR count). The van der Waals surface area contributed by atoms with Crippen LogP contribution in [0.4, 0.5) is 10.6 Å². The van der Waals surface area contributed by atoms with E-state index in [1.54, 1.807) is 4.57 Å². The van der Waals surface area contributed by atoms with Gasteiger partial charge in [-0.2, -0.15) is 0 Å². The Balaban J connectivity index is 2.03. The van der Waals surface area contributed by atoms with Crippen LogP contribution in [-0.2, 0) is 11.3 Å². The smallest absolute Gasteiger partial charge is 0.420 e. The third kappa shape index (κ3) is 4.10. The van der Waals surface area contributed by atoms with E-state index in [1.165, 1.54) is 6.42 Å². The predicted molar refractivity (Wildman–Crippen MR) is 105 cm³/mol. The Labute approximate surface area is 155 Å². The number of aromatic nitrogens is 1. The number of ether oxygens (including phenoxy) is 1. The summed E-state index contributed by atoms with van der Waals surface area (Å²) in [5, 5.41) is 0. The fourth-order valence-electron chi connectivity index (χ4n) is 3.40. The Morgan fingerprint density at radius 2 is 1.85 bits per heavy atom. The highest BCUT2D eigenvalue weighted by Gasteiger charge is 2.24. The Kier molecular flexibility index (Phi) is 5.37. The average Bonchev–Trinajstić information content (AvgIpc) is 3.06. The van der Waals surface area contributed by atoms with Crippen molar-refractivity contribution >= 4 is 11.9 Å². The summed E-state index contributed by atoms with van der Waals surface area (Å²) in [7, 11) is 0. The molecule has 0 amide bonds. The number of rotatable bonds is 3. The van der Waals surface area contributed by atoms with Crippen LogP contribution in [0, 0.1) is 0 Å². The molecule has 140 valence electrons. The lowest BCUT2D eigenvalue weighted by molar-refractivity contribution is 0.0539. The molecule has 1 aromatic heterocycles. The van der Waals surface area contributed by atoms with Gasteiger partial charge in [-0.3, -0.25) is 0 Å². The zero-order chi connectivity index (χ0) is 18.7. The molecule has 5 nitrogen and oxygen atoms in total. The predicted octanol–water partition coefficient (Wildman–Crippen LogP) is 4.39. The van der Waals surface area contributed by atoms with Gasteiger partial charge < -0.3 is 15.4 Å². The normalized spacial score (nSPS) is 15.2. The molecule has 0 atom stereocenters. The van der Waals surface area contributed by atoms with E-state index < -0.39 is 5.60 Å². The van der Waals surface area contributed by atoms with Gasteiger partial charge in [-0.1, -0.05) is 24.3 Å². The maximum absolute atomic E-state index is 12.8. The summed E-state index contributed by atoms with van der Waals surface area (Å²) >= 11 is 0. The largest absolute Gasteiger partial charge is 0.443 e. The van der Waals surface area contributed by atoms with Gasteiger partial charge in [0.1, 0.15) is 11.4 Å². The maximum atomic E-state index is 12.8. The number of piperidine rings is 1. The van der Waals surface area contributed by atoms with E-state index in [2.05, 4.69) is 17.0 Å². The third-order valence-corrected chi connectivity index (χ3v) is 4.62. The molecular weight excluding hydrogens is 326 g/mol. The molecule has 1 aliphatic rings. The van der Waals surface area contributed by atoms with E-state index >= 15 is 0 Å². The quantitative estimate of drug-likeness (QED) is 0.887. The number of anilines is 1. The number of nitrogens with two attached hydrogens (primary N) is 1. The first-order valence-corrected chi connectivity index (χ1v) is 9.38. The van der Waals surface area contributed by atoms with Gasteiger partial charge in [0.05, 0.1) is 0 Å². The van der Waals surface area contributed by atoms with Crippen molar-refractivity contribution < 1.29 is 9.53 Å². The summed E-state index contributed by atoms with van der Waals surface area (Å²) < 4.78 is 7.29. The Hall–Kier alpha value is -2.27. The second-order valence-electron chi connectivity index (χ2n) is 7.85. The Bertz CT molecular complexity index is 768. The Morgan fingerprint density at radius 3 is 2.50 bits per heavy atom. The summed E-state index contributed by atoms with van der Waals surface area (Å²) in [5.74, 6) is 0.903. The van der Waals surface area contributed by atoms with E-state index in [0.29, 0.717) is 6.54 Å². The molecule has 0 saturated carbocycles. The van der Waals surface area contributed by atoms with Crippen molar-refractivity contribution in [2.45, 2.75) is 52.2 Å². The molecule has 1 aliphatic heterocycles. The molecule has 5 heteroatoms. The zero-order valence-electron chi connectivity index (χ0n) is 16.0. The van der Waals surface area contributed by atoms with E-state index in [-0.39, 0.29) is 6.09 Å². The molecule has 26 heavy (non-hydrogen) atoms. The summed E-state index contributed by atoms with van der Waals surface area (Å²) in [6.45, 7) is 8.06. The van der Waals surface area contributed by atoms with Crippen LogP contribution in [0.5, 0.6) is 0 Å². The van der Waals surface area contributed by atoms with Crippen LogP contribution in [0.15, 0.2) is 36.5 Å². The van der Waals surface area contributed by atoms with Crippen molar-refractivity contribution in [2.24, 2.45) is 5.73 Å². The van der Waals surface area contributed by atoms with Crippen LogP contribution in [0.1, 0.15) is 45.6 Å². The Morgan fingerprint density at radius 1 is 1.15 bits per heavy atom. The van der Waals surface area contributed by atoms with Crippen molar-refractivity contribution in [1.29, 1.82) is 0 Å². The average molecular weight is 355 g/mol.